The van der Waals surface area contributed by atoms with Gasteiger partial charge in [0.25, 0.3) is 5.62 Å². The zero-order valence-corrected chi connectivity index (χ0v) is 18.4. The molecule has 5 aromatic rings. The molecule has 1 atom stereocenters. The highest BCUT2D eigenvalue weighted by atomic mass is 16.3. The fourth-order valence-corrected chi connectivity index (χ4v) is 4.04. The molecule has 0 amide bonds. The summed E-state index contributed by atoms with van der Waals surface area (Å²) >= 11 is 0. The number of aromatic amines is 2. The summed E-state index contributed by atoms with van der Waals surface area (Å²) in [6, 6.07) is 14.7. The number of imidazole rings is 1. The van der Waals surface area contributed by atoms with Gasteiger partial charge in [-0.05, 0) is 42.2 Å². The van der Waals surface area contributed by atoms with E-state index in [4.69, 9.17) is 9.98 Å². The largest absolute Gasteiger partial charge is 0.493 e. The second-order valence-electron chi connectivity index (χ2n) is 8.46. The molecule has 0 aliphatic heterocycles. The minimum absolute atomic E-state index is 0.0669. The van der Waals surface area contributed by atoms with Crippen molar-refractivity contribution >= 4 is 28.4 Å². The number of aromatic nitrogens is 6. The standard InChI is InChI=1S/C24H22N8O2/c1-13(17-8-4-6-14-5-2-3-7-18(14)17)26-22-29-20-15(11-19-21(33)30-24(34)28-19)12-25-32(20)23(31-22)27-16-9-10-16/h2-8,11-13,16,33H,9-10H2,1H3,(H,26,27,31)(H2,28,30,34)/t13-/m1/s1. The van der Waals surface area contributed by atoms with Gasteiger partial charge in [0.1, 0.15) is 5.69 Å². The van der Waals surface area contributed by atoms with Crippen LogP contribution >= 0.6 is 0 Å². The Hall–Kier alpha value is -4.47. The van der Waals surface area contributed by atoms with Gasteiger partial charge in [-0.2, -0.15) is 19.6 Å². The van der Waals surface area contributed by atoms with Gasteiger partial charge in [0.05, 0.1) is 18.3 Å². The van der Waals surface area contributed by atoms with E-state index in [2.05, 4.69) is 56.6 Å². The number of hydrogen-bond acceptors (Lipinski definition) is 7. The Morgan fingerprint density at radius 2 is 2.00 bits per heavy atom. The SMILES string of the molecule is C[C@@H](Nc1nc(=NC2CC2)n2ncc(=Cc3[nH]c(=O)[nH]c3O)c2n1)c1cccc2ccccc12. The van der Waals surface area contributed by atoms with Crippen molar-refractivity contribution in [3.63, 3.8) is 0 Å². The molecule has 2 aromatic carbocycles. The minimum Gasteiger partial charge on any atom is -0.493 e. The van der Waals surface area contributed by atoms with Gasteiger partial charge in [0.2, 0.25) is 11.8 Å². The molecule has 3 aromatic heterocycles. The van der Waals surface area contributed by atoms with Crippen LogP contribution in [0.15, 0.2) is 58.4 Å². The van der Waals surface area contributed by atoms with Gasteiger partial charge in [-0.1, -0.05) is 42.5 Å². The van der Waals surface area contributed by atoms with Gasteiger partial charge >= 0.3 is 5.69 Å². The van der Waals surface area contributed by atoms with Crippen LogP contribution in [0.1, 0.15) is 37.1 Å². The van der Waals surface area contributed by atoms with Crippen molar-refractivity contribution in [1.82, 2.24) is 29.5 Å². The summed E-state index contributed by atoms with van der Waals surface area (Å²) in [6.45, 7) is 2.07. The second kappa shape index (κ2) is 7.84. The van der Waals surface area contributed by atoms with Crippen molar-refractivity contribution < 1.29 is 5.11 Å². The molecule has 1 fully saturated rings. The molecule has 1 aliphatic carbocycles. The molecule has 0 saturated heterocycles. The summed E-state index contributed by atoms with van der Waals surface area (Å²) in [7, 11) is 0. The third kappa shape index (κ3) is 3.68. The Morgan fingerprint density at radius 1 is 1.18 bits per heavy atom. The number of H-pyrrole nitrogens is 2. The van der Waals surface area contributed by atoms with E-state index in [1.165, 1.54) is 10.8 Å². The summed E-state index contributed by atoms with van der Waals surface area (Å²) in [6.07, 6.45) is 5.28. The average molecular weight is 454 g/mol. The number of nitrogens with one attached hydrogen (secondary N) is 3. The maximum Gasteiger partial charge on any atom is 0.326 e. The third-order valence-electron chi connectivity index (χ3n) is 5.89. The molecule has 0 radical (unpaired) electrons. The molecule has 170 valence electrons. The van der Waals surface area contributed by atoms with E-state index in [0.717, 1.165) is 18.4 Å². The summed E-state index contributed by atoms with van der Waals surface area (Å²) in [5.74, 6) is 0.179. The van der Waals surface area contributed by atoms with Crippen LogP contribution in [0.25, 0.3) is 22.5 Å². The van der Waals surface area contributed by atoms with Crippen LogP contribution in [0.5, 0.6) is 5.88 Å². The van der Waals surface area contributed by atoms with Crippen LogP contribution < -0.4 is 21.8 Å². The molecule has 4 N–H and O–H groups in total. The first-order valence-electron chi connectivity index (χ1n) is 11.1. The van der Waals surface area contributed by atoms with E-state index in [9.17, 15) is 9.90 Å². The summed E-state index contributed by atoms with van der Waals surface area (Å²) in [4.78, 5) is 30.5. The summed E-state index contributed by atoms with van der Waals surface area (Å²) in [5.41, 5.74) is 1.87. The zero-order valence-electron chi connectivity index (χ0n) is 18.4. The number of nitrogens with zero attached hydrogens (tertiary/aromatic N) is 5. The lowest BCUT2D eigenvalue weighted by Gasteiger charge is -2.16. The van der Waals surface area contributed by atoms with Crippen molar-refractivity contribution in [2.45, 2.75) is 31.8 Å². The van der Waals surface area contributed by atoms with Gasteiger partial charge in [0.15, 0.2) is 5.65 Å². The smallest absolute Gasteiger partial charge is 0.326 e. The van der Waals surface area contributed by atoms with Crippen LogP contribution in [0.4, 0.5) is 5.95 Å². The van der Waals surface area contributed by atoms with Gasteiger partial charge in [-0.3, -0.25) is 4.98 Å². The quantitative estimate of drug-likeness (QED) is 0.320. The zero-order chi connectivity index (χ0) is 23.2. The normalized spacial score (nSPS) is 15.9. The average Bonchev–Trinajstić information content (AvgIpc) is 3.47. The van der Waals surface area contributed by atoms with Gasteiger partial charge < -0.3 is 15.4 Å². The first-order chi connectivity index (χ1) is 16.5. The Labute approximate surface area is 192 Å². The monoisotopic (exact) mass is 454 g/mol. The molecule has 10 heteroatoms. The van der Waals surface area contributed by atoms with E-state index >= 15 is 0 Å². The van der Waals surface area contributed by atoms with Crippen molar-refractivity contribution in [2.75, 3.05) is 5.32 Å². The van der Waals surface area contributed by atoms with Crippen LogP contribution in [-0.4, -0.2) is 40.7 Å². The lowest BCUT2D eigenvalue weighted by atomic mass is 10.00. The number of aromatic hydroxyl groups is 1. The Bertz CT molecular complexity index is 1710. The minimum atomic E-state index is -0.495. The molecular formula is C24H22N8O2. The molecule has 6 rings (SSSR count). The van der Waals surface area contributed by atoms with Crippen LogP contribution in [0, 0.1) is 0 Å². The van der Waals surface area contributed by atoms with Gasteiger partial charge in [-0.25, -0.2) is 9.79 Å². The van der Waals surface area contributed by atoms with Crippen LogP contribution in [-0.2, 0) is 0 Å². The fourth-order valence-electron chi connectivity index (χ4n) is 4.04. The molecule has 0 bridgehead atoms. The van der Waals surface area contributed by atoms with Crippen LogP contribution in [0.2, 0.25) is 0 Å². The van der Waals surface area contributed by atoms with Gasteiger partial charge in [-0.15, -0.1) is 0 Å². The van der Waals surface area contributed by atoms with E-state index < -0.39 is 5.69 Å². The number of benzene rings is 2. The number of hydrogen-bond donors (Lipinski definition) is 4. The topological polar surface area (TPSA) is 136 Å². The molecule has 3 heterocycles. The first kappa shape index (κ1) is 20.2. The molecule has 1 aliphatic rings. The van der Waals surface area contributed by atoms with E-state index in [-0.39, 0.29) is 23.7 Å². The summed E-state index contributed by atoms with van der Waals surface area (Å²) < 4.78 is 1.58. The predicted octanol–water partition coefficient (Wildman–Crippen LogP) is 1.78. The fraction of sp³-hybridized carbons (Fsp3) is 0.208. The summed E-state index contributed by atoms with van der Waals surface area (Å²) in [5, 5.41) is 20.7. The molecule has 34 heavy (non-hydrogen) atoms. The Morgan fingerprint density at radius 3 is 2.79 bits per heavy atom. The molecule has 1 saturated carbocycles. The van der Waals surface area contributed by atoms with Crippen molar-refractivity contribution in [2.24, 2.45) is 4.99 Å². The lowest BCUT2D eigenvalue weighted by molar-refractivity contribution is 0.454. The molecular weight excluding hydrogens is 432 g/mol. The van der Waals surface area contributed by atoms with Crippen molar-refractivity contribution in [3.05, 3.63) is 81.2 Å². The number of fused-ring (bicyclic) bond motifs is 2. The maximum atomic E-state index is 11.5. The molecule has 10 nitrogen and oxygen atoms in total. The van der Waals surface area contributed by atoms with E-state index in [0.29, 0.717) is 22.4 Å². The number of anilines is 1. The predicted molar refractivity (Wildman–Crippen MR) is 127 cm³/mol. The van der Waals surface area contributed by atoms with E-state index in [1.54, 1.807) is 16.8 Å². The Kier molecular flexibility index (Phi) is 4.65. The highest BCUT2D eigenvalue weighted by Gasteiger charge is 2.21. The highest BCUT2D eigenvalue weighted by molar-refractivity contribution is 5.86. The maximum absolute atomic E-state index is 11.5. The van der Waals surface area contributed by atoms with Crippen LogP contribution in [0.3, 0.4) is 0 Å². The lowest BCUT2D eigenvalue weighted by Crippen LogP contribution is -2.25. The van der Waals surface area contributed by atoms with Crippen molar-refractivity contribution in [3.8, 4) is 5.88 Å². The molecule has 0 unspecified atom stereocenters. The number of rotatable bonds is 5. The van der Waals surface area contributed by atoms with Crippen molar-refractivity contribution in [1.29, 1.82) is 0 Å². The molecule has 0 spiro atoms. The highest BCUT2D eigenvalue weighted by Crippen LogP contribution is 2.26. The van der Waals surface area contributed by atoms with Gasteiger partial charge in [0, 0.05) is 5.22 Å². The second-order valence-corrected chi connectivity index (χ2v) is 8.46. The third-order valence-corrected chi connectivity index (χ3v) is 5.89. The first-order valence-corrected chi connectivity index (χ1v) is 11.1. The Balaban J connectivity index is 1.47. The van der Waals surface area contributed by atoms with E-state index in [1.807, 2.05) is 18.2 Å².